The van der Waals surface area contributed by atoms with Crippen molar-refractivity contribution in [3.8, 4) is 5.75 Å². The number of phenols is 1. The van der Waals surface area contributed by atoms with Crippen molar-refractivity contribution in [1.82, 2.24) is 9.88 Å². The number of aromatic nitrogens is 1. The fourth-order valence-electron chi connectivity index (χ4n) is 4.29. The number of aromatic hydroxyl groups is 1. The minimum Gasteiger partial charge on any atom is -0.507 e. The molecule has 0 saturated heterocycles. The van der Waals surface area contributed by atoms with Gasteiger partial charge in [-0.05, 0) is 41.9 Å². The molecule has 0 spiro atoms. The second-order valence-corrected chi connectivity index (χ2v) is 11.5. The molecule has 1 saturated carbocycles. The predicted octanol–water partition coefficient (Wildman–Crippen LogP) is 6.01. The molecule has 1 aromatic carbocycles. The molecular weight excluding hydrogens is 466 g/mol. The van der Waals surface area contributed by atoms with Crippen LogP contribution in [0.1, 0.15) is 98.7 Å². The van der Waals surface area contributed by atoms with Crippen LogP contribution in [0.3, 0.4) is 0 Å². The van der Waals surface area contributed by atoms with Crippen molar-refractivity contribution in [3.63, 3.8) is 0 Å². The van der Waals surface area contributed by atoms with Crippen LogP contribution in [0.5, 0.6) is 5.75 Å². The van der Waals surface area contributed by atoms with Gasteiger partial charge < -0.3 is 10.0 Å². The Morgan fingerprint density at radius 3 is 2.22 bits per heavy atom. The lowest BCUT2D eigenvalue weighted by molar-refractivity contribution is 0.0962. The fraction of sp³-hybridized carbons (Fsp3) is 0.500. The van der Waals surface area contributed by atoms with Gasteiger partial charge in [0.25, 0.3) is 0 Å². The van der Waals surface area contributed by atoms with Crippen LogP contribution in [0.15, 0.2) is 28.3 Å². The third-order valence-corrected chi connectivity index (χ3v) is 6.67. The lowest BCUT2D eigenvalue weighted by Gasteiger charge is -2.28. The Hall–Kier alpha value is -2.21. The standard InChI is InChI=1S/C26H32BrN3O2/c1-25(2,3)18-11-17(12-19(23(18)32)26(4,5)6)21(31)14-30-13-16-9-10-20(15-7-8-15)28-22(16)24(30)29-27/h9-12,15,32H,7-8,13-14H2,1-6H3. The van der Waals surface area contributed by atoms with Crippen molar-refractivity contribution in [2.24, 2.45) is 4.02 Å². The van der Waals surface area contributed by atoms with Gasteiger partial charge in [-0.25, -0.2) is 4.98 Å². The number of rotatable bonds is 4. The Balaban J connectivity index is 1.65. The highest BCUT2D eigenvalue weighted by atomic mass is 79.9. The minimum absolute atomic E-state index is 0.00451. The van der Waals surface area contributed by atoms with E-state index in [1.165, 1.54) is 12.8 Å². The zero-order valence-electron chi connectivity index (χ0n) is 19.8. The molecule has 1 N–H and O–H groups in total. The van der Waals surface area contributed by atoms with Crippen molar-refractivity contribution in [3.05, 3.63) is 57.9 Å². The van der Waals surface area contributed by atoms with Crippen LogP contribution in [0, 0.1) is 0 Å². The third-order valence-electron chi connectivity index (χ3n) is 6.33. The number of carbonyl (C=O) groups excluding carboxylic acids is 1. The number of hydrogen-bond donors (Lipinski definition) is 1. The summed E-state index contributed by atoms with van der Waals surface area (Å²) in [6.07, 6.45) is 2.39. The van der Waals surface area contributed by atoms with E-state index < -0.39 is 0 Å². The number of hydrogen-bond acceptors (Lipinski definition) is 4. The van der Waals surface area contributed by atoms with Crippen LogP contribution in [-0.2, 0) is 17.4 Å². The number of Topliss-reactive ketones (excluding diaryl/α,β-unsaturated/α-hetero) is 1. The molecule has 170 valence electrons. The van der Waals surface area contributed by atoms with Crippen molar-refractivity contribution < 1.29 is 9.90 Å². The monoisotopic (exact) mass is 497 g/mol. The molecule has 32 heavy (non-hydrogen) atoms. The number of pyridine rings is 1. The first-order valence-corrected chi connectivity index (χ1v) is 12.0. The highest BCUT2D eigenvalue weighted by Crippen LogP contribution is 2.41. The summed E-state index contributed by atoms with van der Waals surface area (Å²) < 4.78 is 4.31. The largest absolute Gasteiger partial charge is 0.507 e. The van der Waals surface area contributed by atoms with E-state index >= 15 is 0 Å². The molecule has 1 aliphatic heterocycles. The molecule has 2 aliphatic rings. The molecular formula is C26H32BrN3O2. The third kappa shape index (κ3) is 4.34. The summed E-state index contributed by atoms with van der Waals surface area (Å²) in [5.74, 6) is 1.57. The van der Waals surface area contributed by atoms with Gasteiger partial charge in [0.1, 0.15) is 11.4 Å². The molecule has 1 aliphatic carbocycles. The topological polar surface area (TPSA) is 65.8 Å². The number of benzene rings is 1. The van der Waals surface area contributed by atoms with Crippen molar-refractivity contribution in [2.75, 3.05) is 6.54 Å². The van der Waals surface area contributed by atoms with Crippen LogP contribution in [0.2, 0.25) is 0 Å². The van der Waals surface area contributed by atoms with Gasteiger partial charge in [-0.1, -0.05) is 47.6 Å². The number of fused-ring (bicyclic) bond motifs is 1. The molecule has 2 aromatic rings. The van der Waals surface area contributed by atoms with Gasteiger partial charge in [-0.15, -0.1) is 0 Å². The van der Waals surface area contributed by atoms with E-state index in [1.807, 2.05) is 17.0 Å². The van der Waals surface area contributed by atoms with Gasteiger partial charge in [-0.3, -0.25) is 4.79 Å². The van der Waals surface area contributed by atoms with E-state index in [0.717, 1.165) is 28.1 Å². The van der Waals surface area contributed by atoms with Crippen LogP contribution in [0.4, 0.5) is 0 Å². The number of halogens is 1. The molecule has 2 heterocycles. The smallest absolute Gasteiger partial charge is 0.182 e. The Morgan fingerprint density at radius 2 is 1.72 bits per heavy atom. The van der Waals surface area contributed by atoms with Crippen LogP contribution in [0.25, 0.3) is 0 Å². The van der Waals surface area contributed by atoms with E-state index in [-0.39, 0.29) is 28.9 Å². The first-order valence-electron chi connectivity index (χ1n) is 11.3. The number of ketones is 1. The Morgan fingerprint density at radius 1 is 1.12 bits per heavy atom. The molecule has 0 amide bonds. The Labute approximate surface area is 199 Å². The predicted molar refractivity (Wildman–Crippen MR) is 132 cm³/mol. The summed E-state index contributed by atoms with van der Waals surface area (Å²) in [4.78, 5) is 20.3. The molecule has 0 radical (unpaired) electrons. The molecule has 4 rings (SSSR count). The zero-order chi connectivity index (χ0) is 23.4. The van der Waals surface area contributed by atoms with Gasteiger partial charge in [-0.2, -0.15) is 4.02 Å². The van der Waals surface area contributed by atoms with E-state index in [9.17, 15) is 9.90 Å². The summed E-state index contributed by atoms with van der Waals surface area (Å²) >= 11 is 3.26. The summed E-state index contributed by atoms with van der Waals surface area (Å²) in [6, 6.07) is 7.93. The summed E-state index contributed by atoms with van der Waals surface area (Å²) in [5.41, 5.74) is 4.73. The maximum Gasteiger partial charge on any atom is 0.182 e. The molecule has 1 aromatic heterocycles. The molecule has 6 heteroatoms. The molecule has 5 nitrogen and oxygen atoms in total. The van der Waals surface area contributed by atoms with E-state index in [1.54, 1.807) is 0 Å². The first kappa shape index (κ1) is 23.0. The zero-order valence-corrected chi connectivity index (χ0v) is 21.4. The lowest BCUT2D eigenvalue weighted by atomic mass is 9.78. The normalized spacial score (nSPS) is 17.7. The minimum atomic E-state index is -0.282. The first-order chi connectivity index (χ1) is 14.9. The van der Waals surface area contributed by atoms with Gasteiger partial charge in [0, 0.05) is 40.4 Å². The summed E-state index contributed by atoms with van der Waals surface area (Å²) in [5, 5.41) is 11.0. The number of carbonyl (C=O) groups is 1. The van der Waals surface area contributed by atoms with Crippen molar-refractivity contribution in [2.45, 2.75) is 77.7 Å². The Kier molecular flexibility index (Phi) is 5.73. The van der Waals surface area contributed by atoms with Crippen molar-refractivity contribution >= 4 is 27.8 Å². The second-order valence-electron chi connectivity index (χ2n) is 11.1. The van der Waals surface area contributed by atoms with E-state index in [4.69, 9.17) is 4.98 Å². The maximum absolute atomic E-state index is 13.5. The molecule has 1 fully saturated rings. The van der Waals surface area contributed by atoms with E-state index in [0.29, 0.717) is 23.9 Å². The molecule has 0 unspecified atom stereocenters. The Bertz CT molecular complexity index is 1070. The number of phenolic OH excluding ortho intramolecular Hbond substituents is 1. The highest BCUT2D eigenvalue weighted by Gasteiger charge is 2.33. The average Bonchev–Trinajstić information content (AvgIpc) is 3.48. The average molecular weight is 498 g/mol. The van der Waals surface area contributed by atoms with E-state index in [2.05, 4.69) is 73.8 Å². The van der Waals surface area contributed by atoms with Crippen LogP contribution in [-0.4, -0.2) is 33.2 Å². The summed E-state index contributed by atoms with van der Waals surface area (Å²) in [6.45, 7) is 13.1. The second kappa shape index (κ2) is 7.98. The van der Waals surface area contributed by atoms with Gasteiger partial charge in [0.05, 0.1) is 22.7 Å². The SMILES string of the molecule is CC(C)(C)c1cc(C(=O)CN2Cc3ccc(C4CC4)nc3C2=NBr)cc(C(C)(C)C)c1O. The van der Waals surface area contributed by atoms with Gasteiger partial charge in [0.2, 0.25) is 0 Å². The van der Waals surface area contributed by atoms with Crippen molar-refractivity contribution in [1.29, 1.82) is 0 Å². The number of nitrogens with zero attached hydrogens (tertiary/aromatic N) is 3. The quantitative estimate of drug-likeness (QED) is 0.524. The highest BCUT2D eigenvalue weighted by molar-refractivity contribution is 9.08. The number of amidine groups is 1. The van der Waals surface area contributed by atoms with Crippen LogP contribution < -0.4 is 0 Å². The molecule has 0 atom stereocenters. The fourth-order valence-corrected chi connectivity index (χ4v) is 4.68. The lowest BCUT2D eigenvalue weighted by Crippen LogP contribution is -2.31. The van der Waals surface area contributed by atoms with Gasteiger partial charge >= 0.3 is 0 Å². The molecule has 0 bridgehead atoms. The van der Waals surface area contributed by atoms with Gasteiger partial charge in [0.15, 0.2) is 11.6 Å². The summed E-state index contributed by atoms with van der Waals surface area (Å²) in [7, 11) is 0. The van der Waals surface area contributed by atoms with Crippen LogP contribution >= 0.6 is 16.1 Å². The maximum atomic E-state index is 13.5.